The maximum atomic E-state index is 3.41. The van der Waals surface area contributed by atoms with Crippen LogP contribution in [0.2, 0.25) is 0 Å². The molecule has 17 heavy (non-hydrogen) atoms. The normalized spacial score (nSPS) is 12.6. The second-order valence-electron chi connectivity index (χ2n) is 4.07. The Kier molecular flexibility index (Phi) is 5.00. The van der Waals surface area contributed by atoms with E-state index in [2.05, 4.69) is 69.0 Å². The lowest BCUT2D eigenvalue weighted by Crippen LogP contribution is -2.17. The monoisotopic (exact) mass is 357 g/mol. The van der Waals surface area contributed by atoms with Gasteiger partial charge in [0.25, 0.3) is 0 Å². The van der Waals surface area contributed by atoms with Gasteiger partial charge in [0.1, 0.15) is 0 Å². The fraction of sp³-hybridized carbons (Fsp3) is 0.286. The Morgan fingerprint density at radius 2 is 2.24 bits per heavy atom. The van der Waals surface area contributed by atoms with Crippen molar-refractivity contribution in [1.82, 2.24) is 5.32 Å². The molecule has 1 aromatic heterocycles. The molecular formula is C14H16INS. The summed E-state index contributed by atoms with van der Waals surface area (Å²) in [7, 11) is 2.04. The van der Waals surface area contributed by atoms with Crippen LogP contribution in [-0.4, -0.2) is 7.05 Å². The topological polar surface area (TPSA) is 12.0 Å². The maximum absolute atomic E-state index is 3.41. The van der Waals surface area contributed by atoms with Crippen molar-refractivity contribution in [3.8, 4) is 0 Å². The summed E-state index contributed by atoms with van der Waals surface area (Å²) in [6.45, 7) is 0. The molecule has 0 aliphatic rings. The molecule has 1 N–H and O–H groups in total. The molecule has 2 aromatic rings. The van der Waals surface area contributed by atoms with E-state index in [0.717, 1.165) is 12.8 Å². The van der Waals surface area contributed by atoms with E-state index in [4.69, 9.17) is 0 Å². The first-order chi connectivity index (χ1) is 8.29. The van der Waals surface area contributed by atoms with E-state index >= 15 is 0 Å². The van der Waals surface area contributed by atoms with Gasteiger partial charge in [-0.05, 0) is 82.6 Å². The van der Waals surface area contributed by atoms with E-state index in [1.165, 1.54) is 14.7 Å². The third-order valence-electron chi connectivity index (χ3n) is 2.90. The van der Waals surface area contributed by atoms with E-state index in [-0.39, 0.29) is 0 Å². The Morgan fingerprint density at radius 3 is 2.88 bits per heavy atom. The molecule has 0 fully saturated rings. The molecule has 90 valence electrons. The van der Waals surface area contributed by atoms with Gasteiger partial charge in [-0.1, -0.05) is 12.1 Å². The first-order valence-corrected chi connectivity index (χ1v) is 7.75. The summed E-state index contributed by atoms with van der Waals surface area (Å²) >= 11 is 4.14. The number of aryl methyl sites for hydroxylation is 1. The van der Waals surface area contributed by atoms with Crippen LogP contribution in [0, 0.1) is 3.57 Å². The van der Waals surface area contributed by atoms with Crippen molar-refractivity contribution in [1.29, 1.82) is 0 Å². The Morgan fingerprint density at radius 1 is 1.35 bits per heavy atom. The lowest BCUT2D eigenvalue weighted by atomic mass is 10.0. The van der Waals surface area contributed by atoms with Crippen LogP contribution in [-0.2, 0) is 6.42 Å². The van der Waals surface area contributed by atoms with Crippen molar-refractivity contribution in [2.24, 2.45) is 0 Å². The molecule has 0 aliphatic heterocycles. The molecule has 1 atom stereocenters. The van der Waals surface area contributed by atoms with Crippen LogP contribution in [0.4, 0.5) is 0 Å². The van der Waals surface area contributed by atoms with Crippen LogP contribution in [0.5, 0.6) is 0 Å². The number of halogens is 1. The number of rotatable bonds is 5. The highest BCUT2D eigenvalue weighted by atomic mass is 127. The number of nitrogens with one attached hydrogen (secondary N) is 1. The second kappa shape index (κ2) is 6.52. The standard InChI is InChI=1S/C14H16INS/c1-16-14(6-5-11-7-8-17-10-11)12-3-2-4-13(15)9-12/h2-4,7-10,14,16H,5-6H2,1H3. The predicted octanol–water partition coefficient (Wildman–Crippen LogP) is 4.25. The Bertz CT molecular complexity index is 453. The molecule has 0 radical (unpaired) electrons. The highest BCUT2D eigenvalue weighted by Gasteiger charge is 2.09. The average Bonchev–Trinajstić information content (AvgIpc) is 2.83. The van der Waals surface area contributed by atoms with Gasteiger partial charge in [0.15, 0.2) is 0 Å². The fourth-order valence-corrected chi connectivity index (χ4v) is 3.22. The Hall–Kier alpha value is -0.390. The number of hydrogen-bond acceptors (Lipinski definition) is 2. The van der Waals surface area contributed by atoms with Gasteiger partial charge in [0.2, 0.25) is 0 Å². The highest BCUT2D eigenvalue weighted by molar-refractivity contribution is 14.1. The largest absolute Gasteiger partial charge is 0.313 e. The minimum atomic E-state index is 0.449. The fourth-order valence-electron chi connectivity index (χ4n) is 1.95. The van der Waals surface area contributed by atoms with Gasteiger partial charge >= 0.3 is 0 Å². The van der Waals surface area contributed by atoms with Gasteiger partial charge in [0, 0.05) is 9.61 Å². The molecule has 1 unspecified atom stereocenters. The summed E-state index contributed by atoms with van der Waals surface area (Å²) in [6.07, 6.45) is 2.29. The molecule has 2 rings (SSSR count). The highest BCUT2D eigenvalue weighted by Crippen LogP contribution is 2.21. The molecule has 0 amide bonds. The van der Waals surface area contributed by atoms with Gasteiger partial charge in [0.05, 0.1) is 0 Å². The van der Waals surface area contributed by atoms with Crippen LogP contribution >= 0.6 is 33.9 Å². The molecule has 0 spiro atoms. The maximum Gasteiger partial charge on any atom is 0.0321 e. The molecule has 0 saturated heterocycles. The second-order valence-corrected chi connectivity index (χ2v) is 6.09. The number of thiophene rings is 1. The average molecular weight is 357 g/mol. The van der Waals surface area contributed by atoms with Crippen molar-refractivity contribution in [2.45, 2.75) is 18.9 Å². The van der Waals surface area contributed by atoms with E-state index < -0.39 is 0 Å². The third kappa shape index (κ3) is 3.79. The van der Waals surface area contributed by atoms with Gasteiger partial charge < -0.3 is 5.32 Å². The van der Waals surface area contributed by atoms with Crippen molar-refractivity contribution in [2.75, 3.05) is 7.05 Å². The molecule has 1 nitrogen and oxygen atoms in total. The molecule has 0 aliphatic carbocycles. The number of benzene rings is 1. The molecule has 3 heteroatoms. The molecule has 0 saturated carbocycles. The Labute approximate surface area is 120 Å². The minimum absolute atomic E-state index is 0.449. The zero-order valence-electron chi connectivity index (χ0n) is 9.82. The first kappa shape index (κ1) is 13.1. The van der Waals surface area contributed by atoms with Crippen LogP contribution in [0.25, 0.3) is 0 Å². The summed E-state index contributed by atoms with van der Waals surface area (Å²) in [5, 5.41) is 7.79. The van der Waals surface area contributed by atoms with E-state index in [0.29, 0.717) is 6.04 Å². The lowest BCUT2D eigenvalue weighted by molar-refractivity contribution is 0.549. The predicted molar refractivity (Wildman–Crippen MR) is 83.6 cm³/mol. The summed E-state index contributed by atoms with van der Waals surface area (Å²) in [4.78, 5) is 0. The smallest absolute Gasteiger partial charge is 0.0321 e. The minimum Gasteiger partial charge on any atom is -0.313 e. The van der Waals surface area contributed by atoms with Gasteiger partial charge in [-0.25, -0.2) is 0 Å². The van der Waals surface area contributed by atoms with Crippen LogP contribution in [0.15, 0.2) is 41.1 Å². The third-order valence-corrected chi connectivity index (χ3v) is 4.30. The molecule has 1 heterocycles. The van der Waals surface area contributed by atoms with Crippen molar-refractivity contribution >= 4 is 33.9 Å². The van der Waals surface area contributed by atoms with Crippen LogP contribution in [0.1, 0.15) is 23.6 Å². The zero-order chi connectivity index (χ0) is 12.1. The molecule has 1 aromatic carbocycles. The van der Waals surface area contributed by atoms with Crippen molar-refractivity contribution in [3.63, 3.8) is 0 Å². The first-order valence-electron chi connectivity index (χ1n) is 5.73. The quantitative estimate of drug-likeness (QED) is 0.789. The van der Waals surface area contributed by atoms with E-state index in [1.807, 2.05) is 7.05 Å². The SMILES string of the molecule is CNC(CCc1ccsc1)c1cccc(I)c1. The van der Waals surface area contributed by atoms with Gasteiger partial charge in [-0.15, -0.1) is 0 Å². The van der Waals surface area contributed by atoms with Gasteiger partial charge in [-0.2, -0.15) is 11.3 Å². The van der Waals surface area contributed by atoms with Gasteiger partial charge in [-0.3, -0.25) is 0 Å². The number of hydrogen-bond donors (Lipinski definition) is 1. The summed E-state index contributed by atoms with van der Waals surface area (Å²) in [5.41, 5.74) is 2.83. The lowest BCUT2D eigenvalue weighted by Gasteiger charge is -2.16. The van der Waals surface area contributed by atoms with Crippen molar-refractivity contribution < 1.29 is 0 Å². The van der Waals surface area contributed by atoms with Crippen LogP contribution < -0.4 is 5.32 Å². The zero-order valence-corrected chi connectivity index (χ0v) is 12.8. The van der Waals surface area contributed by atoms with E-state index in [1.54, 1.807) is 11.3 Å². The van der Waals surface area contributed by atoms with Crippen molar-refractivity contribution in [3.05, 3.63) is 55.8 Å². The van der Waals surface area contributed by atoms with Crippen LogP contribution in [0.3, 0.4) is 0 Å². The summed E-state index contributed by atoms with van der Waals surface area (Å²) in [6, 6.07) is 11.4. The summed E-state index contributed by atoms with van der Waals surface area (Å²) in [5.74, 6) is 0. The summed E-state index contributed by atoms with van der Waals surface area (Å²) < 4.78 is 1.30. The molecule has 0 bridgehead atoms. The van der Waals surface area contributed by atoms with E-state index in [9.17, 15) is 0 Å². The molecular weight excluding hydrogens is 341 g/mol. The Balaban J connectivity index is 2.01.